The van der Waals surface area contributed by atoms with E-state index in [0.717, 1.165) is 30.0 Å². The summed E-state index contributed by atoms with van der Waals surface area (Å²) in [6.45, 7) is 4.09. The molecule has 1 aliphatic heterocycles. The number of fused-ring (bicyclic) bond motifs is 1. The van der Waals surface area contributed by atoms with E-state index in [-0.39, 0.29) is 11.9 Å². The van der Waals surface area contributed by atoms with Gasteiger partial charge in [0, 0.05) is 13.1 Å². The summed E-state index contributed by atoms with van der Waals surface area (Å²) in [6.07, 6.45) is 0. The molecule has 114 valence electrons. The molecule has 22 heavy (non-hydrogen) atoms. The van der Waals surface area contributed by atoms with E-state index in [4.69, 9.17) is 0 Å². The summed E-state index contributed by atoms with van der Waals surface area (Å²) in [5, 5.41) is 6.43. The highest BCUT2D eigenvalue weighted by molar-refractivity contribution is 5.84. The average Bonchev–Trinajstić information content (AvgIpc) is 2.56. The van der Waals surface area contributed by atoms with E-state index in [1.807, 2.05) is 55.5 Å². The Kier molecular flexibility index (Phi) is 4.28. The Hall–Kier alpha value is -2.49. The quantitative estimate of drug-likeness (QED) is 0.911. The fraction of sp³-hybridized carbons (Fsp3) is 0.278. The van der Waals surface area contributed by atoms with E-state index >= 15 is 0 Å². The van der Waals surface area contributed by atoms with Gasteiger partial charge in [-0.3, -0.25) is 4.79 Å². The summed E-state index contributed by atoms with van der Waals surface area (Å²) in [4.78, 5) is 14.5. The van der Waals surface area contributed by atoms with Crippen molar-refractivity contribution in [1.29, 1.82) is 0 Å². The van der Waals surface area contributed by atoms with Crippen molar-refractivity contribution in [2.24, 2.45) is 0 Å². The normalized spacial score (nSPS) is 14.7. The molecule has 1 unspecified atom stereocenters. The number of benzene rings is 2. The molecule has 0 aromatic heterocycles. The van der Waals surface area contributed by atoms with Gasteiger partial charge in [0.25, 0.3) is 0 Å². The van der Waals surface area contributed by atoms with Gasteiger partial charge in [-0.2, -0.15) is 0 Å². The summed E-state index contributed by atoms with van der Waals surface area (Å²) in [7, 11) is 0. The molecular weight excluding hydrogens is 274 g/mol. The molecule has 0 aliphatic carbocycles. The molecule has 0 radical (unpaired) electrons. The molecule has 4 nitrogen and oxygen atoms in total. The lowest BCUT2D eigenvalue weighted by molar-refractivity contribution is -0.120. The second-order valence-electron chi connectivity index (χ2n) is 5.57. The molecule has 0 spiro atoms. The standard InChI is InChI=1S/C18H21N3O/c1-14(15-7-3-2-4-8-15)20-18(22)13-21-12-11-19-16-9-5-6-10-17(16)21/h2-10,14,19H,11-13H2,1H3,(H,20,22). The predicted octanol–water partition coefficient (Wildman–Crippen LogP) is 2.80. The first-order chi connectivity index (χ1) is 10.7. The minimum atomic E-state index is 0.0202. The summed E-state index contributed by atoms with van der Waals surface area (Å²) < 4.78 is 0. The van der Waals surface area contributed by atoms with E-state index in [1.165, 1.54) is 0 Å². The summed E-state index contributed by atoms with van der Waals surface area (Å²) in [5.74, 6) is 0.0491. The molecule has 1 amide bonds. The molecule has 2 aromatic rings. The Bertz CT molecular complexity index is 642. The molecule has 4 heteroatoms. The molecule has 0 saturated heterocycles. The van der Waals surface area contributed by atoms with Gasteiger partial charge in [-0.25, -0.2) is 0 Å². The third kappa shape index (κ3) is 3.22. The zero-order chi connectivity index (χ0) is 15.4. The number of hydrogen-bond acceptors (Lipinski definition) is 3. The largest absolute Gasteiger partial charge is 0.382 e. The van der Waals surface area contributed by atoms with Gasteiger partial charge in [0.1, 0.15) is 0 Å². The van der Waals surface area contributed by atoms with Crippen molar-refractivity contribution >= 4 is 17.3 Å². The molecule has 0 bridgehead atoms. The van der Waals surface area contributed by atoms with Crippen LogP contribution < -0.4 is 15.5 Å². The van der Waals surface area contributed by atoms with Gasteiger partial charge in [0.15, 0.2) is 0 Å². The molecule has 2 aromatic carbocycles. The highest BCUT2D eigenvalue weighted by Crippen LogP contribution is 2.27. The third-order valence-electron chi connectivity index (χ3n) is 3.95. The Morgan fingerprint density at radius 3 is 2.73 bits per heavy atom. The maximum Gasteiger partial charge on any atom is 0.239 e. The van der Waals surface area contributed by atoms with Crippen LogP contribution in [0.4, 0.5) is 11.4 Å². The Balaban J connectivity index is 1.63. The summed E-state index contributed by atoms with van der Waals surface area (Å²) in [5.41, 5.74) is 3.31. The number of carbonyl (C=O) groups excluding carboxylic acids is 1. The zero-order valence-corrected chi connectivity index (χ0v) is 12.8. The average molecular weight is 295 g/mol. The van der Waals surface area contributed by atoms with Crippen molar-refractivity contribution < 1.29 is 4.79 Å². The molecular formula is C18H21N3O. The van der Waals surface area contributed by atoms with Crippen molar-refractivity contribution in [3.05, 3.63) is 60.2 Å². The molecule has 2 N–H and O–H groups in total. The SMILES string of the molecule is CC(NC(=O)CN1CCNc2ccccc21)c1ccccc1. The van der Waals surface area contributed by atoms with E-state index in [9.17, 15) is 4.79 Å². The molecule has 0 saturated carbocycles. The molecule has 0 fully saturated rings. The van der Waals surface area contributed by atoms with Gasteiger partial charge in [-0.1, -0.05) is 42.5 Å². The number of nitrogens with one attached hydrogen (secondary N) is 2. The van der Waals surface area contributed by atoms with E-state index in [2.05, 4.69) is 21.6 Å². The Morgan fingerprint density at radius 1 is 1.18 bits per heavy atom. The van der Waals surface area contributed by atoms with E-state index in [0.29, 0.717) is 6.54 Å². The van der Waals surface area contributed by atoms with Crippen LogP contribution in [0.25, 0.3) is 0 Å². The molecule has 3 rings (SSSR count). The third-order valence-corrected chi connectivity index (χ3v) is 3.95. The maximum absolute atomic E-state index is 12.3. The van der Waals surface area contributed by atoms with Gasteiger partial charge in [-0.15, -0.1) is 0 Å². The number of amides is 1. The van der Waals surface area contributed by atoms with Crippen LogP contribution in [0.2, 0.25) is 0 Å². The lowest BCUT2D eigenvalue weighted by Crippen LogP contribution is -2.42. The maximum atomic E-state index is 12.3. The zero-order valence-electron chi connectivity index (χ0n) is 12.8. The van der Waals surface area contributed by atoms with E-state index < -0.39 is 0 Å². The summed E-state index contributed by atoms with van der Waals surface area (Å²) in [6, 6.07) is 18.2. The van der Waals surface area contributed by atoms with Crippen molar-refractivity contribution in [3.63, 3.8) is 0 Å². The van der Waals surface area contributed by atoms with Gasteiger partial charge in [-0.05, 0) is 24.6 Å². The van der Waals surface area contributed by atoms with Crippen LogP contribution in [-0.2, 0) is 4.79 Å². The lowest BCUT2D eigenvalue weighted by Gasteiger charge is -2.31. The Morgan fingerprint density at radius 2 is 1.91 bits per heavy atom. The molecule has 1 aliphatic rings. The second kappa shape index (κ2) is 6.52. The van der Waals surface area contributed by atoms with Crippen LogP contribution in [-0.4, -0.2) is 25.5 Å². The van der Waals surface area contributed by atoms with Crippen molar-refractivity contribution in [1.82, 2.24) is 5.32 Å². The second-order valence-corrected chi connectivity index (χ2v) is 5.57. The fourth-order valence-corrected chi connectivity index (χ4v) is 2.79. The highest BCUT2D eigenvalue weighted by Gasteiger charge is 2.19. The number of carbonyl (C=O) groups is 1. The fourth-order valence-electron chi connectivity index (χ4n) is 2.79. The molecule has 1 atom stereocenters. The number of para-hydroxylation sites is 2. The van der Waals surface area contributed by atoms with Crippen molar-refractivity contribution in [2.75, 3.05) is 29.9 Å². The van der Waals surface area contributed by atoms with Crippen LogP contribution in [0.1, 0.15) is 18.5 Å². The summed E-state index contributed by atoms with van der Waals surface area (Å²) >= 11 is 0. The van der Waals surface area contributed by atoms with Crippen molar-refractivity contribution in [3.8, 4) is 0 Å². The number of hydrogen-bond donors (Lipinski definition) is 2. The van der Waals surface area contributed by atoms with Crippen LogP contribution in [0.15, 0.2) is 54.6 Å². The first-order valence-electron chi connectivity index (χ1n) is 7.66. The number of nitrogens with zero attached hydrogens (tertiary/aromatic N) is 1. The number of anilines is 2. The predicted molar refractivity (Wildman–Crippen MR) is 90.1 cm³/mol. The van der Waals surface area contributed by atoms with Gasteiger partial charge < -0.3 is 15.5 Å². The lowest BCUT2D eigenvalue weighted by atomic mass is 10.1. The van der Waals surface area contributed by atoms with Crippen LogP contribution in [0.5, 0.6) is 0 Å². The number of rotatable bonds is 4. The van der Waals surface area contributed by atoms with Crippen LogP contribution in [0.3, 0.4) is 0 Å². The van der Waals surface area contributed by atoms with Crippen LogP contribution in [0, 0.1) is 0 Å². The topological polar surface area (TPSA) is 44.4 Å². The van der Waals surface area contributed by atoms with E-state index in [1.54, 1.807) is 0 Å². The van der Waals surface area contributed by atoms with Gasteiger partial charge in [0.05, 0.1) is 24.0 Å². The smallest absolute Gasteiger partial charge is 0.239 e. The van der Waals surface area contributed by atoms with Gasteiger partial charge >= 0.3 is 0 Å². The minimum Gasteiger partial charge on any atom is -0.382 e. The monoisotopic (exact) mass is 295 g/mol. The Labute approximate surface area is 131 Å². The first kappa shape index (κ1) is 14.4. The highest BCUT2D eigenvalue weighted by atomic mass is 16.2. The van der Waals surface area contributed by atoms with Gasteiger partial charge in [0.2, 0.25) is 5.91 Å². The van der Waals surface area contributed by atoms with Crippen molar-refractivity contribution in [2.45, 2.75) is 13.0 Å². The van der Waals surface area contributed by atoms with Crippen LogP contribution >= 0.6 is 0 Å². The minimum absolute atomic E-state index is 0.0202. The molecule has 1 heterocycles. The first-order valence-corrected chi connectivity index (χ1v) is 7.66.